The van der Waals surface area contributed by atoms with Crippen molar-refractivity contribution in [3.63, 3.8) is 0 Å². The molecule has 0 radical (unpaired) electrons. The topological polar surface area (TPSA) is 0 Å². The SMILES string of the molecule is CCCCCc1ccc2ccccc2c1C(C)c1c(CCCCC)ccc2ccccc12. The second-order valence-corrected chi connectivity index (χ2v) is 9.35. The van der Waals surface area contributed by atoms with E-state index in [0.29, 0.717) is 5.92 Å². The van der Waals surface area contributed by atoms with Crippen LogP contribution < -0.4 is 0 Å². The third-order valence-corrected chi connectivity index (χ3v) is 7.09. The molecule has 4 aromatic rings. The molecule has 0 aliphatic rings. The number of rotatable bonds is 10. The molecule has 32 heavy (non-hydrogen) atoms. The van der Waals surface area contributed by atoms with Gasteiger partial charge < -0.3 is 0 Å². The van der Waals surface area contributed by atoms with Crippen LogP contribution in [0.15, 0.2) is 72.8 Å². The van der Waals surface area contributed by atoms with Gasteiger partial charge in [-0.3, -0.25) is 0 Å². The fourth-order valence-corrected chi connectivity index (χ4v) is 5.42. The van der Waals surface area contributed by atoms with E-state index in [0.717, 1.165) is 0 Å². The van der Waals surface area contributed by atoms with E-state index in [-0.39, 0.29) is 0 Å². The van der Waals surface area contributed by atoms with Crippen LogP contribution in [-0.4, -0.2) is 0 Å². The summed E-state index contributed by atoms with van der Waals surface area (Å²) in [5.41, 5.74) is 6.17. The molecule has 0 unspecified atom stereocenters. The van der Waals surface area contributed by atoms with Crippen LogP contribution in [-0.2, 0) is 12.8 Å². The summed E-state index contributed by atoms with van der Waals surface area (Å²) in [6, 6.07) is 27.5. The van der Waals surface area contributed by atoms with Gasteiger partial charge in [0.1, 0.15) is 0 Å². The van der Waals surface area contributed by atoms with Crippen molar-refractivity contribution >= 4 is 21.5 Å². The second kappa shape index (κ2) is 10.8. The molecule has 0 aliphatic carbocycles. The fraction of sp³-hybridized carbons (Fsp3) is 0.375. The van der Waals surface area contributed by atoms with Gasteiger partial charge in [0.2, 0.25) is 0 Å². The van der Waals surface area contributed by atoms with Crippen LogP contribution in [0.25, 0.3) is 21.5 Å². The molecule has 0 fully saturated rings. The van der Waals surface area contributed by atoms with Gasteiger partial charge in [-0.2, -0.15) is 0 Å². The highest BCUT2D eigenvalue weighted by atomic mass is 14.2. The molecule has 0 saturated carbocycles. The summed E-state index contributed by atoms with van der Waals surface area (Å²) in [6.45, 7) is 7.04. The maximum Gasteiger partial charge on any atom is 0.00787 e. The fourth-order valence-electron chi connectivity index (χ4n) is 5.42. The first-order valence-electron chi connectivity index (χ1n) is 12.8. The van der Waals surface area contributed by atoms with Crippen molar-refractivity contribution in [3.05, 3.63) is 95.1 Å². The normalized spacial score (nSPS) is 11.6. The maximum atomic E-state index is 2.45. The Morgan fingerprint density at radius 1 is 0.531 bits per heavy atom. The summed E-state index contributed by atoms with van der Waals surface area (Å²) in [5, 5.41) is 5.59. The molecular formula is C32H38. The highest BCUT2D eigenvalue weighted by molar-refractivity contribution is 5.91. The van der Waals surface area contributed by atoms with E-state index in [2.05, 4.69) is 93.6 Å². The Bertz CT molecular complexity index is 1070. The molecule has 0 spiro atoms. The summed E-state index contributed by atoms with van der Waals surface area (Å²) in [7, 11) is 0. The van der Waals surface area contributed by atoms with Crippen molar-refractivity contribution in [1.82, 2.24) is 0 Å². The van der Waals surface area contributed by atoms with Gasteiger partial charge in [-0.1, -0.05) is 119 Å². The minimum atomic E-state index is 0.375. The van der Waals surface area contributed by atoms with E-state index >= 15 is 0 Å². The number of aryl methyl sites for hydroxylation is 2. The molecule has 0 heterocycles. The van der Waals surface area contributed by atoms with Crippen molar-refractivity contribution in [1.29, 1.82) is 0 Å². The Hall–Kier alpha value is -2.60. The van der Waals surface area contributed by atoms with Crippen LogP contribution in [0.4, 0.5) is 0 Å². The lowest BCUT2D eigenvalue weighted by Gasteiger charge is -2.24. The third kappa shape index (κ3) is 4.75. The zero-order chi connectivity index (χ0) is 22.3. The maximum absolute atomic E-state index is 2.45. The van der Waals surface area contributed by atoms with Crippen molar-refractivity contribution in [2.24, 2.45) is 0 Å². The Morgan fingerprint density at radius 2 is 0.969 bits per heavy atom. The molecule has 0 nitrogen and oxygen atoms in total. The van der Waals surface area contributed by atoms with Gasteiger partial charge in [-0.05, 0) is 69.5 Å². The third-order valence-electron chi connectivity index (χ3n) is 7.09. The molecule has 0 saturated heterocycles. The molecule has 0 aliphatic heterocycles. The molecule has 4 rings (SSSR count). The van der Waals surface area contributed by atoms with E-state index in [1.165, 1.54) is 84.0 Å². The Morgan fingerprint density at radius 3 is 1.41 bits per heavy atom. The summed E-state index contributed by atoms with van der Waals surface area (Å²) >= 11 is 0. The number of fused-ring (bicyclic) bond motifs is 2. The summed E-state index contributed by atoms with van der Waals surface area (Å²) < 4.78 is 0. The van der Waals surface area contributed by atoms with Crippen LogP contribution in [0.3, 0.4) is 0 Å². The minimum Gasteiger partial charge on any atom is -0.0654 e. The van der Waals surface area contributed by atoms with Crippen molar-refractivity contribution in [3.8, 4) is 0 Å². The molecule has 166 valence electrons. The molecule has 0 heteroatoms. The van der Waals surface area contributed by atoms with Gasteiger partial charge in [0.05, 0.1) is 0 Å². The van der Waals surface area contributed by atoms with Crippen LogP contribution in [0.2, 0.25) is 0 Å². The van der Waals surface area contributed by atoms with Crippen LogP contribution in [0.5, 0.6) is 0 Å². The number of hydrogen-bond donors (Lipinski definition) is 0. The summed E-state index contributed by atoms with van der Waals surface area (Å²) in [5.74, 6) is 0.375. The van der Waals surface area contributed by atoms with Crippen molar-refractivity contribution < 1.29 is 0 Å². The summed E-state index contributed by atoms with van der Waals surface area (Å²) in [4.78, 5) is 0. The number of benzene rings is 4. The van der Waals surface area contributed by atoms with Gasteiger partial charge in [0, 0.05) is 5.92 Å². The first-order chi connectivity index (χ1) is 15.7. The molecule has 4 aromatic carbocycles. The molecule has 0 bridgehead atoms. The second-order valence-electron chi connectivity index (χ2n) is 9.35. The quantitative estimate of drug-likeness (QED) is 0.223. The zero-order valence-electron chi connectivity index (χ0n) is 20.2. The number of unbranched alkanes of at least 4 members (excludes halogenated alkanes) is 4. The van der Waals surface area contributed by atoms with Gasteiger partial charge >= 0.3 is 0 Å². The van der Waals surface area contributed by atoms with E-state index < -0.39 is 0 Å². The predicted molar refractivity (Wildman–Crippen MR) is 142 cm³/mol. The van der Waals surface area contributed by atoms with Crippen molar-refractivity contribution in [2.45, 2.75) is 78.1 Å². The lowest BCUT2D eigenvalue weighted by Crippen LogP contribution is -2.07. The molecule has 0 aromatic heterocycles. The van der Waals surface area contributed by atoms with Crippen LogP contribution in [0, 0.1) is 0 Å². The lowest BCUT2D eigenvalue weighted by molar-refractivity contribution is 0.704. The Kier molecular flexibility index (Phi) is 7.63. The van der Waals surface area contributed by atoms with Gasteiger partial charge in [0.15, 0.2) is 0 Å². The van der Waals surface area contributed by atoms with Crippen LogP contribution >= 0.6 is 0 Å². The minimum absolute atomic E-state index is 0.375. The average Bonchev–Trinajstić information content (AvgIpc) is 2.83. The van der Waals surface area contributed by atoms with Crippen molar-refractivity contribution in [2.75, 3.05) is 0 Å². The number of hydrogen-bond acceptors (Lipinski definition) is 0. The largest absolute Gasteiger partial charge is 0.0654 e. The zero-order valence-corrected chi connectivity index (χ0v) is 20.2. The van der Waals surface area contributed by atoms with E-state index in [9.17, 15) is 0 Å². The summed E-state index contributed by atoms with van der Waals surface area (Å²) in [6.07, 6.45) is 10.0. The molecule has 0 amide bonds. The first kappa shape index (κ1) is 22.6. The Balaban J connectivity index is 1.89. The first-order valence-corrected chi connectivity index (χ1v) is 12.8. The molecule has 0 N–H and O–H groups in total. The lowest BCUT2D eigenvalue weighted by atomic mass is 9.80. The smallest absolute Gasteiger partial charge is 0.00787 e. The van der Waals surface area contributed by atoms with Gasteiger partial charge in [-0.25, -0.2) is 0 Å². The Labute approximate surface area is 194 Å². The standard InChI is InChI=1S/C32H38/c1-4-6-8-16-27-22-20-25-14-10-12-18-29(25)31(27)24(3)32-28(17-9-7-5-2)23-21-26-15-11-13-19-30(26)32/h10-15,18-24H,4-9,16-17H2,1-3H3. The van der Waals surface area contributed by atoms with E-state index in [4.69, 9.17) is 0 Å². The molecule has 0 atom stereocenters. The van der Waals surface area contributed by atoms with E-state index in [1.54, 1.807) is 11.1 Å². The highest BCUT2D eigenvalue weighted by Gasteiger charge is 2.21. The van der Waals surface area contributed by atoms with Gasteiger partial charge in [0.25, 0.3) is 0 Å². The molecular weight excluding hydrogens is 384 g/mol. The van der Waals surface area contributed by atoms with Gasteiger partial charge in [-0.15, -0.1) is 0 Å². The average molecular weight is 423 g/mol. The van der Waals surface area contributed by atoms with E-state index in [1.807, 2.05) is 0 Å². The predicted octanol–water partition coefficient (Wildman–Crippen LogP) is 9.61. The highest BCUT2D eigenvalue weighted by Crippen LogP contribution is 2.39. The van der Waals surface area contributed by atoms with Crippen LogP contribution in [0.1, 0.15) is 87.5 Å². The monoisotopic (exact) mass is 422 g/mol.